The Bertz CT molecular complexity index is 217. The summed E-state index contributed by atoms with van der Waals surface area (Å²) in [6.45, 7) is 7.20. The second-order valence-electron chi connectivity index (χ2n) is 6.50. The maximum absolute atomic E-state index is 3.81. The van der Waals surface area contributed by atoms with Crippen LogP contribution in [-0.2, 0) is 0 Å². The first-order valence-electron chi connectivity index (χ1n) is 7.71. The second kappa shape index (κ2) is 6.75. The number of hydrogen-bond acceptors (Lipinski definition) is 2. The van der Waals surface area contributed by atoms with Gasteiger partial charge in [-0.05, 0) is 50.5 Å². The molecular weight excluding hydrogens is 208 g/mol. The SMILES string of the molecule is CC1CCCC(NCC2CC(C)CCN2)CC1. The predicted molar refractivity (Wildman–Crippen MR) is 74.2 cm³/mol. The van der Waals surface area contributed by atoms with Crippen molar-refractivity contribution in [1.29, 1.82) is 0 Å². The van der Waals surface area contributed by atoms with Gasteiger partial charge in [0.25, 0.3) is 0 Å². The molecule has 1 heterocycles. The van der Waals surface area contributed by atoms with E-state index in [2.05, 4.69) is 24.5 Å². The molecular formula is C15H30N2. The van der Waals surface area contributed by atoms with Crippen LogP contribution >= 0.6 is 0 Å². The molecule has 4 atom stereocenters. The summed E-state index contributed by atoms with van der Waals surface area (Å²) < 4.78 is 0. The summed E-state index contributed by atoms with van der Waals surface area (Å²) in [5.41, 5.74) is 0. The Balaban J connectivity index is 1.66. The third kappa shape index (κ3) is 4.59. The molecule has 2 nitrogen and oxygen atoms in total. The van der Waals surface area contributed by atoms with Gasteiger partial charge in [0.1, 0.15) is 0 Å². The van der Waals surface area contributed by atoms with Crippen LogP contribution in [0.25, 0.3) is 0 Å². The average molecular weight is 238 g/mol. The molecule has 0 aromatic rings. The van der Waals surface area contributed by atoms with E-state index in [0.29, 0.717) is 0 Å². The van der Waals surface area contributed by atoms with Gasteiger partial charge in [0.2, 0.25) is 0 Å². The lowest BCUT2D eigenvalue weighted by molar-refractivity contribution is 0.297. The highest BCUT2D eigenvalue weighted by molar-refractivity contribution is 4.81. The van der Waals surface area contributed by atoms with Gasteiger partial charge in [-0.1, -0.05) is 26.7 Å². The van der Waals surface area contributed by atoms with Crippen LogP contribution in [0.1, 0.15) is 58.8 Å². The fourth-order valence-corrected chi connectivity index (χ4v) is 3.38. The predicted octanol–water partition coefficient (Wildman–Crippen LogP) is 2.93. The van der Waals surface area contributed by atoms with E-state index in [9.17, 15) is 0 Å². The van der Waals surface area contributed by atoms with Gasteiger partial charge in [-0.2, -0.15) is 0 Å². The van der Waals surface area contributed by atoms with Crippen molar-refractivity contribution in [3.8, 4) is 0 Å². The number of piperidine rings is 1. The van der Waals surface area contributed by atoms with Crippen LogP contribution in [0.5, 0.6) is 0 Å². The first kappa shape index (κ1) is 13.4. The summed E-state index contributed by atoms with van der Waals surface area (Å²) in [6, 6.07) is 1.51. The number of rotatable bonds is 3. The molecule has 17 heavy (non-hydrogen) atoms. The summed E-state index contributed by atoms with van der Waals surface area (Å²) in [6.07, 6.45) is 9.79. The fourth-order valence-electron chi connectivity index (χ4n) is 3.38. The van der Waals surface area contributed by atoms with Crippen molar-refractivity contribution in [2.75, 3.05) is 13.1 Å². The van der Waals surface area contributed by atoms with E-state index in [4.69, 9.17) is 0 Å². The van der Waals surface area contributed by atoms with E-state index < -0.39 is 0 Å². The Labute approximate surface area is 107 Å². The zero-order valence-electron chi connectivity index (χ0n) is 11.7. The molecule has 2 fully saturated rings. The zero-order valence-corrected chi connectivity index (χ0v) is 11.7. The van der Waals surface area contributed by atoms with Crippen molar-refractivity contribution in [3.63, 3.8) is 0 Å². The van der Waals surface area contributed by atoms with Crippen LogP contribution in [0.4, 0.5) is 0 Å². The highest BCUT2D eigenvalue weighted by Crippen LogP contribution is 2.23. The van der Waals surface area contributed by atoms with Crippen LogP contribution < -0.4 is 10.6 Å². The van der Waals surface area contributed by atoms with Crippen LogP contribution in [0.15, 0.2) is 0 Å². The van der Waals surface area contributed by atoms with Crippen molar-refractivity contribution in [2.24, 2.45) is 11.8 Å². The first-order chi connectivity index (χ1) is 8.24. The third-order valence-corrected chi connectivity index (χ3v) is 4.67. The normalized spacial score (nSPS) is 39.9. The van der Waals surface area contributed by atoms with Gasteiger partial charge in [-0.25, -0.2) is 0 Å². The number of nitrogens with one attached hydrogen (secondary N) is 2. The largest absolute Gasteiger partial charge is 0.313 e. The van der Waals surface area contributed by atoms with Gasteiger partial charge in [0.05, 0.1) is 0 Å². The van der Waals surface area contributed by atoms with Crippen LogP contribution in [0.2, 0.25) is 0 Å². The van der Waals surface area contributed by atoms with Gasteiger partial charge in [0.15, 0.2) is 0 Å². The Hall–Kier alpha value is -0.0800. The monoisotopic (exact) mass is 238 g/mol. The van der Waals surface area contributed by atoms with Crippen molar-refractivity contribution < 1.29 is 0 Å². The van der Waals surface area contributed by atoms with Gasteiger partial charge in [-0.15, -0.1) is 0 Å². The van der Waals surface area contributed by atoms with E-state index in [1.807, 2.05) is 0 Å². The topological polar surface area (TPSA) is 24.1 Å². The van der Waals surface area contributed by atoms with Crippen molar-refractivity contribution in [3.05, 3.63) is 0 Å². The van der Waals surface area contributed by atoms with Crippen LogP contribution in [0.3, 0.4) is 0 Å². The van der Waals surface area contributed by atoms with Crippen molar-refractivity contribution in [2.45, 2.75) is 70.9 Å². The first-order valence-corrected chi connectivity index (χ1v) is 7.71. The second-order valence-corrected chi connectivity index (χ2v) is 6.50. The maximum atomic E-state index is 3.81. The highest BCUT2D eigenvalue weighted by Gasteiger charge is 2.20. The Morgan fingerprint density at radius 2 is 1.88 bits per heavy atom. The molecule has 0 spiro atoms. The van der Waals surface area contributed by atoms with Crippen LogP contribution in [-0.4, -0.2) is 25.2 Å². The molecule has 0 aromatic carbocycles. The summed E-state index contributed by atoms with van der Waals surface area (Å²) in [7, 11) is 0. The lowest BCUT2D eigenvalue weighted by Gasteiger charge is -2.30. The molecule has 1 aliphatic carbocycles. The molecule has 2 heteroatoms. The summed E-state index contributed by atoms with van der Waals surface area (Å²) in [5, 5.41) is 7.46. The minimum Gasteiger partial charge on any atom is -0.313 e. The minimum atomic E-state index is 0.722. The summed E-state index contributed by atoms with van der Waals surface area (Å²) in [4.78, 5) is 0. The third-order valence-electron chi connectivity index (χ3n) is 4.67. The van der Waals surface area contributed by atoms with Crippen molar-refractivity contribution >= 4 is 0 Å². The van der Waals surface area contributed by atoms with E-state index in [1.165, 1.54) is 58.0 Å². The van der Waals surface area contributed by atoms with Gasteiger partial charge in [0, 0.05) is 18.6 Å². The summed E-state index contributed by atoms with van der Waals surface area (Å²) >= 11 is 0. The lowest BCUT2D eigenvalue weighted by Crippen LogP contribution is -2.46. The van der Waals surface area contributed by atoms with E-state index in [1.54, 1.807) is 0 Å². The molecule has 1 saturated heterocycles. The van der Waals surface area contributed by atoms with Crippen LogP contribution in [0, 0.1) is 11.8 Å². The van der Waals surface area contributed by atoms with Crippen molar-refractivity contribution in [1.82, 2.24) is 10.6 Å². The molecule has 1 aliphatic heterocycles. The number of hydrogen-bond donors (Lipinski definition) is 2. The summed E-state index contributed by atoms with van der Waals surface area (Å²) in [5.74, 6) is 1.87. The zero-order chi connectivity index (χ0) is 12.1. The Morgan fingerprint density at radius 1 is 1.00 bits per heavy atom. The van der Waals surface area contributed by atoms with E-state index >= 15 is 0 Å². The molecule has 2 rings (SSSR count). The smallest absolute Gasteiger partial charge is 0.0195 e. The quantitative estimate of drug-likeness (QED) is 0.739. The van der Waals surface area contributed by atoms with E-state index in [-0.39, 0.29) is 0 Å². The molecule has 2 N–H and O–H groups in total. The Morgan fingerprint density at radius 3 is 2.71 bits per heavy atom. The molecule has 4 unspecified atom stereocenters. The Kier molecular flexibility index (Phi) is 5.30. The maximum Gasteiger partial charge on any atom is 0.0195 e. The van der Waals surface area contributed by atoms with Gasteiger partial charge < -0.3 is 10.6 Å². The van der Waals surface area contributed by atoms with Gasteiger partial charge >= 0.3 is 0 Å². The molecule has 0 amide bonds. The highest BCUT2D eigenvalue weighted by atomic mass is 15.0. The average Bonchev–Trinajstić information content (AvgIpc) is 2.52. The molecule has 0 radical (unpaired) electrons. The lowest BCUT2D eigenvalue weighted by atomic mass is 9.94. The molecule has 100 valence electrons. The van der Waals surface area contributed by atoms with E-state index in [0.717, 1.165) is 23.9 Å². The molecule has 0 bridgehead atoms. The minimum absolute atomic E-state index is 0.722. The standard InChI is InChI=1S/C15H30N2/c1-12-4-3-5-14(7-6-12)17-11-15-10-13(2)8-9-16-15/h12-17H,3-11H2,1-2H3. The van der Waals surface area contributed by atoms with Gasteiger partial charge in [-0.3, -0.25) is 0 Å². The molecule has 0 aromatic heterocycles. The molecule has 1 saturated carbocycles. The fraction of sp³-hybridized carbons (Fsp3) is 1.00. The molecule has 2 aliphatic rings.